The van der Waals surface area contributed by atoms with Gasteiger partial charge in [-0.25, -0.2) is 0 Å². The topological polar surface area (TPSA) is 54.0 Å². The number of rotatable bonds is 4. The van der Waals surface area contributed by atoms with Gasteiger partial charge in [-0.1, -0.05) is 6.07 Å². The van der Waals surface area contributed by atoms with Crippen LogP contribution >= 0.6 is 0 Å². The van der Waals surface area contributed by atoms with Gasteiger partial charge in [0.05, 0.1) is 17.8 Å². The van der Waals surface area contributed by atoms with Crippen LogP contribution in [0.1, 0.15) is 25.6 Å². The Kier molecular flexibility index (Phi) is 4.24. The zero-order valence-electron chi connectivity index (χ0n) is 9.32. The number of carbonyl (C=O) groups is 1. The average Bonchev–Trinajstić information content (AvgIpc) is 2.29. The van der Waals surface area contributed by atoms with Gasteiger partial charge in [-0.05, 0) is 33.0 Å². The van der Waals surface area contributed by atoms with Crippen molar-refractivity contribution in [3.63, 3.8) is 0 Å². The minimum Gasteiger partial charge on any atom is -0.347 e. The molecule has 0 aliphatic carbocycles. The fourth-order valence-electron chi connectivity index (χ4n) is 1.18. The van der Waals surface area contributed by atoms with Crippen molar-refractivity contribution in [2.75, 3.05) is 7.05 Å². The molecule has 0 saturated carbocycles. The van der Waals surface area contributed by atoms with E-state index in [2.05, 4.69) is 15.6 Å². The molecule has 2 atom stereocenters. The van der Waals surface area contributed by atoms with Gasteiger partial charge >= 0.3 is 0 Å². The van der Waals surface area contributed by atoms with Gasteiger partial charge in [0.25, 0.3) is 0 Å². The first-order valence-corrected chi connectivity index (χ1v) is 5.03. The molecule has 0 fully saturated rings. The Morgan fingerprint density at radius 2 is 2.13 bits per heavy atom. The molecular weight excluding hydrogens is 190 g/mol. The monoisotopic (exact) mass is 207 g/mol. The molecular formula is C11H17N3O. The number of hydrogen-bond donors (Lipinski definition) is 2. The van der Waals surface area contributed by atoms with Gasteiger partial charge in [-0.3, -0.25) is 9.78 Å². The summed E-state index contributed by atoms with van der Waals surface area (Å²) in [4.78, 5) is 15.7. The first-order valence-electron chi connectivity index (χ1n) is 5.03. The Balaban J connectivity index is 2.56. The van der Waals surface area contributed by atoms with Gasteiger partial charge in [0, 0.05) is 6.20 Å². The smallest absolute Gasteiger partial charge is 0.237 e. The van der Waals surface area contributed by atoms with Gasteiger partial charge in [0.15, 0.2) is 0 Å². The summed E-state index contributed by atoms with van der Waals surface area (Å²) in [6, 6.07) is 5.42. The molecule has 0 spiro atoms. The van der Waals surface area contributed by atoms with Crippen LogP contribution in [-0.2, 0) is 4.79 Å². The van der Waals surface area contributed by atoms with Crippen molar-refractivity contribution in [2.24, 2.45) is 0 Å². The molecule has 1 unspecified atom stereocenters. The molecule has 0 aliphatic heterocycles. The highest BCUT2D eigenvalue weighted by atomic mass is 16.2. The highest BCUT2D eigenvalue weighted by Gasteiger charge is 2.14. The third-order valence-corrected chi connectivity index (χ3v) is 2.32. The SMILES string of the molecule is CNC(C)C(=O)N[C@H](C)c1ccccn1. The molecule has 4 heteroatoms. The minimum absolute atomic E-state index is 0.0179. The van der Waals surface area contributed by atoms with Gasteiger partial charge in [-0.15, -0.1) is 0 Å². The normalized spacial score (nSPS) is 14.3. The molecule has 15 heavy (non-hydrogen) atoms. The molecule has 4 nitrogen and oxygen atoms in total. The fraction of sp³-hybridized carbons (Fsp3) is 0.455. The standard InChI is InChI=1S/C11H17N3O/c1-8(10-6-4-5-7-13-10)14-11(15)9(2)12-3/h4-9,12H,1-3H3,(H,14,15)/t8-,9?/m1/s1. The van der Waals surface area contributed by atoms with E-state index in [-0.39, 0.29) is 18.0 Å². The number of amides is 1. The second kappa shape index (κ2) is 5.46. The Morgan fingerprint density at radius 3 is 2.67 bits per heavy atom. The van der Waals surface area contributed by atoms with Crippen LogP contribution in [0.15, 0.2) is 24.4 Å². The van der Waals surface area contributed by atoms with Crippen LogP contribution in [0, 0.1) is 0 Å². The van der Waals surface area contributed by atoms with E-state index in [0.717, 1.165) is 5.69 Å². The molecule has 1 aromatic rings. The number of carbonyl (C=O) groups excluding carboxylic acids is 1. The summed E-state index contributed by atoms with van der Waals surface area (Å²) in [7, 11) is 1.76. The third kappa shape index (κ3) is 3.32. The van der Waals surface area contributed by atoms with E-state index in [4.69, 9.17) is 0 Å². The second-order valence-electron chi connectivity index (χ2n) is 3.50. The fourth-order valence-corrected chi connectivity index (χ4v) is 1.18. The molecule has 1 rings (SSSR count). The Hall–Kier alpha value is -1.42. The van der Waals surface area contributed by atoms with Crippen LogP contribution in [0.5, 0.6) is 0 Å². The van der Waals surface area contributed by atoms with E-state index >= 15 is 0 Å². The van der Waals surface area contributed by atoms with Crippen LogP contribution in [0.25, 0.3) is 0 Å². The molecule has 0 radical (unpaired) electrons. The number of hydrogen-bond acceptors (Lipinski definition) is 3. The number of likely N-dealkylation sites (N-methyl/N-ethyl adjacent to an activating group) is 1. The average molecular weight is 207 g/mol. The Labute approximate surface area is 90.1 Å². The van der Waals surface area contributed by atoms with Crippen molar-refractivity contribution >= 4 is 5.91 Å². The van der Waals surface area contributed by atoms with E-state index in [9.17, 15) is 4.79 Å². The lowest BCUT2D eigenvalue weighted by atomic mass is 10.2. The van der Waals surface area contributed by atoms with Crippen LogP contribution in [0.3, 0.4) is 0 Å². The predicted octanol–water partition coefficient (Wildman–Crippen LogP) is 0.867. The lowest BCUT2D eigenvalue weighted by molar-refractivity contribution is -0.123. The number of aromatic nitrogens is 1. The van der Waals surface area contributed by atoms with Crippen LogP contribution < -0.4 is 10.6 Å². The molecule has 0 bridgehead atoms. The zero-order valence-corrected chi connectivity index (χ0v) is 9.32. The number of pyridine rings is 1. The molecule has 82 valence electrons. The quantitative estimate of drug-likeness (QED) is 0.770. The largest absolute Gasteiger partial charge is 0.347 e. The molecule has 1 heterocycles. The van der Waals surface area contributed by atoms with E-state index < -0.39 is 0 Å². The van der Waals surface area contributed by atoms with Gasteiger partial charge in [-0.2, -0.15) is 0 Å². The molecule has 0 aromatic carbocycles. The maximum absolute atomic E-state index is 11.6. The molecule has 0 saturated heterocycles. The van der Waals surface area contributed by atoms with Crippen molar-refractivity contribution < 1.29 is 4.79 Å². The first kappa shape index (κ1) is 11.7. The summed E-state index contributed by atoms with van der Waals surface area (Å²) in [6.45, 7) is 3.74. The molecule has 1 aromatic heterocycles. The van der Waals surface area contributed by atoms with Gasteiger partial charge < -0.3 is 10.6 Å². The Morgan fingerprint density at radius 1 is 1.40 bits per heavy atom. The highest BCUT2D eigenvalue weighted by molar-refractivity contribution is 5.81. The van der Waals surface area contributed by atoms with Crippen LogP contribution in [-0.4, -0.2) is 24.0 Å². The molecule has 2 N–H and O–H groups in total. The molecule has 0 aliphatic rings. The van der Waals surface area contributed by atoms with Crippen molar-refractivity contribution in [1.29, 1.82) is 0 Å². The number of nitrogens with zero attached hydrogens (tertiary/aromatic N) is 1. The maximum Gasteiger partial charge on any atom is 0.237 e. The van der Waals surface area contributed by atoms with Crippen molar-refractivity contribution in [3.05, 3.63) is 30.1 Å². The summed E-state index contributed by atoms with van der Waals surface area (Å²) in [5, 5.41) is 5.77. The van der Waals surface area contributed by atoms with Crippen LogP contribution in [0.2, 0.25) is 0 Å². The van der Waals surface area contributed by atoms with E-state index in [1.807, 2.05) is 32.0 Å². The first-order chi connectivity index (χ1) is 7.15. The zero-order chi connectivity index (χ0) is 11.3. The van der Waals surface area contributed by atoms with Crippen molar-refractivity contribution in [2.45, 2.75) is 25.9 Å². The minimum atomic E-state index is -0.184. The summed E-state index contributed by atoms with van der Waals surface area (Å²) < 4.78 is 0. The van der Waals surface area contributed by atoms with Crippen LogP contribution in [0.4, 0.5) is 0 Å². The lowest BCUT2D eigenvalue weighted by Crippen LogP contribution is -2.41. The van der Waals surface area contributed by atoms with E-state index in [1.165, 1.54) is 0 Å². The summed E-state index contributed by atoms with van der Waals surface area (Å²) in [5.74, 6) is -0.0179. The highest BCUT2D eigenvalue weighted by Crippen LogP contribution is 2.07. The summed E-state index contributed by atoms with van der Waals surface area (Å²) in [6.07, 6.45) is 1.72. The van der Waals surface area contributed by atoms with Crippen molar-refractivity contribution in [1.82, 2.24) is 15.6 Å². The third-order valence-electron chi connectivity index (χ3n) is 2.32. The summed E-state index contributed by atoms with van der Waals surface area (Å²) >= 11 is 0. The van der Waals surface area contributed by atoms with Gasteiger partial charge in [0.1, 0.15) is 0 Å². The molecule has 1 amide bonds. The number of nitrogens with one attached hydrogen (secondary N) is 2. The predicted molar refractivity (Wildman–Crippen MR) is 59.3 cm³/mol. The van der Waals surface area contributed by atoms with Gasteiger partial charge in [0.2, 0.25) is 5.91 Å². The lowest BCUT2D eigenvalue weighted by Gasteiger charge is -2.16. The van der Waals surface area contributed by atoms with E-state index in [1.54, 1.807) is 13.2 Å². The van der Waals surface area contributed by atoms with Crippen molar-refractivity contribution in [3.8, 4) is 0 Å². The Bertz CT molecular complexity index is 313. The summed E-state index contributed by atoms with van der Waals surface area (Å²) in [5.41, 5.74) is 0.870. The van der Waals surface area contributed by atoms with E-state index in [0.29, 0.717) is 0 Å². The maximum atomic E-state index is 11.6. The second-order valence-corrected chi connectivity index (χ2v) is 3.50.